The summed E-state index contributed by atoms with van der Waals surface area (Å²) in [4.78, 5) is 10.6. The van der Waals surface area contributed by atoms with Crippen molar-refractivity contribution in [3.05, 3.63) is 24.3 Å². The molecule has 1 atom stereocenters. The molecule has 1 rings (SSSR count). The zero-order chi connectivity index (χ0) is 9.84. The SMILES string of the molecule is CC(=O)Oc1cccc(S(=O)[O-])c1.[Na+]. The quantitative estimate of drug-likeness (QED) is 0.248. The Morgan fingerprint density at radius 2 is 2.14 bits per heavy atom. The van der Waals surface area contributed by atoms with Crippen LogP contribution in [0.4, 0.5) is 0 Å². The topological polar surface area (TPSA) is 66.4 Å². The second-order valence-corrected chi connectivity index (χ2v) is 3.24. The molecule has 70 valence electrons. The van der Waals surface area contributed by atoms with E-state index in [4.69, 9.17) is 4.74 Å². The van der Waals surface area contributed by atoms with Crippen LogP contribution in [-0.2, 0) is 15.9 Å². The molecule has 6 heteroatoms. The van der Waals surface area contributed by atoms with Gasteiger partial charge in [-0.15, -0.1) is 0 Å². The van der Waals surface area contributed by atoms with E-state index in [9.17, 15) is 13.6 Å². The van der Waals surface area contributed by atoms with Crippen molar-refractivity contribution in [1.29, 1.82) is 0 Å². The van der Waals surface area contributed by atoms with Crippen LogP contribution in [-0.4, -0.2) is 14.7 Å². The zero-order valence-electron chi connectivity index (χ0n) is 7.85. The van der Waals surface area contributed by atoms with Gasteiger partial charge in [0.1, 0.15) is 5.75 Å². The van der Waals surface area contributed by atoms with Gasteiger partial charge >= 0.3 is 35.5 Å². The Balaban J connectivity index is 0.00000169. The molecule has 1 aromatic rings. The number of carbonyl (C=O) groups is 1. The number of rotatable bonds is 2. The average Bonchev–Trinajstić information content (AvgIpc) is 2.03. The van der Waals surface area contributed by atoms with Gasteiger partial charge in [-0.05, 0) is 29.3 Å². The van der Waals surface area contributed by atoms with Crippen LogP contribution >= 0.6 is 0 Å². The summed E-state index contributed by atoms with van der Waals surface area (Å²) < 4.78 is 25.7. The first-order valence-corrected chi connectivity index (χ1v) is 4.55. The maximum Gasteiger partial charge on any atom is 1.00 e. The average molecular weight is 222 g/mol. The van der Waals surface area contributed by atoms with Crippen LogP contribution < -0.4 is 34.3 Å². The van der Waals surface area contributed by atoms with E-state index in [2.05, 4.69) is 0 Å². The predicted octanol–water partition coefficient (Wildman–Crippen LogP) is -2.15. The molecule has 0 aliphatic carbocycles. The standard InChI is InChI=1S/C8H8O4S.Na/c1-6(9)12-7-3-2-4-8(5-7)13(10)11;/h2-5H,1H3,(H,10,11);/q;+1/p-1. The summed E-state index contributed by atoms with van der Waals surface area (Å²) in [5, 5.41) is 0. The van der Waals surface area contributed by atoms with Gasteiger partial charge in [0.15, 0.2) is 0 Å². The first kappa shape index (κ1) is 13.8. The molecule has 0 aromatic heterocycles. The molecule has 0 saturated heterocycles. The van der Waals surface area contributed by atoms with Gasteiger partial charge in [0, 0.05) is 11.8 Å². The zero-order valence-corrected chi connectivity index (χ0v) is 10.7. The van der Waals surface area contributed by atoms with Gasteiger partial charge in [0.05, 0.1) is 0 Å². The van der Waals surface area contributed by atoms with Gasteiger partial charge in [-0.2, -0.15) is 0 Å². The Hall–Kier alpha value is -0.200. The van der Waals surface area contributed by atoms with Gasteiger partial charge in [0.25, 0.3) is 0 Å². The van der Waals surface area contributed by atoms with E-state index in [1.807, 2.05) is 0 Å². The Labute approximate surface area is 106 Å². The molecule has 1 unspecified atom stereocenters. The Morgan fingerprint density at radius 1 is 1.50 bits per heavy atom. The van der Waals surface area contributed by atoms with Crippen molar-refractivity contribution in [3.63, 3.8) is 0 Å². The molecule has 14 heavy (non-hydrogen) atoms. The van der Waals surface area contributed by atoms with Crippen molar-refractivity contribution in [2.24, 2.45) is 0 Å². The van der Waals surface area contributed by atoms with Crippen LogP contribution in [0.15, 0.2) is 29.2 Å². The number of esters is 1. The molecule has 0 fully saturated rings. The fourth-order valence-corrected chi connectivity index (χ4v) is 1.21. The number of benzene rings is 1. The van der Waals surface area contributed by atoms with Crippen molar-refractivity contribution in [1.82, 2.24) is 0 Å². The third-order valence-corrected chi connectivity index (χ3v) is 1.90. The van der Waals surface area contributed by atoms with Crippen LogP contribution in [0.2, 0.25) is 0 Å². The van der Waals surface area contributed by atoms with E-state index < -0.39 is 17.0 Å². The summed E-state index contributed by atoms with van der Waals surface area (Å²) in [6.45, 7) is 1.25. The number of hydrogen-bond donors (Lipinski definition) is 0. The maximum atomic E-state index is 10.5. The van der Waals surface area contributed by atoms with E-state index >= 15 is 0 Å². The summed E-state index contributed by atoms with van der Waals surface area (Å²) in [7, 11) is 0. The molecule has 1 aromatic carbocycles. The minimum atomic E-state index is -2.30. The van der Waals surface area contributed by atoms with Crippen LogP contribution in [0.25, 0.3) is 0 Å². The summed E-state index contributed by atoms with van der Waals surface area (Å²) in [6, 6.07) is 5.71. The summed E-state index contributed by atoms with van der Waals surface area (Å²) in [6.07, 6.45) is 0. The van der Waals surface area contributed by atoms with E-state index in [-0.39, 0.29) is 40.2 Å². The number of carbonyl (C=O) groups excluding carboxylic acids is 1. The summed E-state index contributed by atoms with van der Waals surface area (Å²) >= 11 is -2.30. The van der Waals surface area contributed by atoms with Gasteiger partial charge in [-0.1, -0.05) is 6.07 Å². The molecule has 0 bridgehead atoms. The molecule has 0 N–H and O–H groups in total. The summed E-state index contributed by atoms with van der Waals surface area (Å²) in [5.41, 5.74) is 0. The third kappa shape index (κ3) is 4.34. The predicted molar refractivity (Wildman–Crippen MR) is 44.9 cm³/mol. The molecule has 0 saturated carbocycles. The van der Waals surface area contributed by atoms with Crippen molar-refractivity contribution in [2.45, 2.75) is 11.8 Å². The molecule has 0 aliphatic heterocycles. The Bertz CT molecular complexity index is 353. The minimum Gasteiger partial charge on any atom is -0.768 e. The number of hydrogen-bond acceptors (Lipinski definition) is 4. The monoisotopic (exact) mass is 222 g/mol. The van der Waals surface area contributed by atoms with Crippen LogP contribution in [0.3, 0.4) is 0 Å². The van der Waals surface area contributed by atoms with Gasteiger partial charge in [0.2, 0.25) is 0 Å². The second kappa shape index (κ2) is 6.31. The van der Waals surface area contributed by atoms with E-state index in [1.54, 1.807) is 0 Å². The van der Waals surface area contributed by atoms with Crippen LogP contribution in [0.1, 0.15) is 6.92 Å². The van der Waals surface area contributed by atoms with Gasteiger partial charge in [-0.25, -0.2) is 0 Å². The normalized spacial score (nSPS) is 11.3. The molecular formula is C8H7NaO4S. The molecule has 0 aliphatic rings. The second-order valence-electron chi connectivity index (χ2n) is 2.30. The van der Waals surface area contributed by atoms with Crippen molar-refractivity contribution < 1.29 is 47.9 Å². The molecular weight excluding hydrogens is 215 g/mol. The Kier molecular flexibility index (Phi) is 6.22. The molecule has 0 radical (unpaired) electrons. The molecule has 0 heterocycles. The fourth-order valence-electron chi connectivity index (χ4n) is 0.807. The largest absolute Gasteiger partial charge is 1.00 e. The third-order valence-electron chi connectivity index (χ3n) is 1.26. The first-order chi connectivity index (χ1) is 6.09. The first-order valence-electron chi connectivity index (χ1n) is 3.47. The molecule has 0 spiro atoms. The smallest absolute Gasteiger partial charge is 0.768 e. The minimum absolute atomic E-state index is 0. The maximum absolute atomic E-state index is 10.5. The van der Waals surface area contributed by atoms with Gasteiger partial charge in [-0.3, -0.25) is 9.00 Å². The fraction of sp³-hybridized carbons (Fsp3) is 0.125. The van der Waals surface area contributed by atoms with Crippen molar-refractivity contribution >= 4 is 17.0 Å². The van der Waals surface area contributed by atoms with Crippen LogP contribution in [0.5, 0.6) is 5.75 Å². The molecule has 0 amide bonds. The van der Waals surface area contributed by atoms with E-state index in [0.29, 0.717) is 0 Å². The van der Waals surface area contributed by atoms with E-state index in [1.165, 1.54) is 31.2 Å². The Morgan fingerprint density at radius 3 is 2.64 bits per heavy atom. The van der Waals surface area contributed by atoms with Crippen molar-refractivity contribution in [3.8, 4) is 5.75 Å². The van der Waals surface area contributed by atoms with Gasteiger partial charge < -0.3 is 9.29 Å². The van der Waals surface area contributed by atoms with Crippen LogP contribution in [0, 0.1) is 0 Å². The van der Waals surface area contributed by atoms with E-state index in [0.717, 1.165) is 0 Å². The summed E-state index contributed by atoms with van der Waals surface area (Å²) in [5.74, 6) is -0.247. The molecule has 4 nitrogen and oxygen atoms in total. The van der Waals surface area contributed by atoms with Crippen molar-refractivity contribution in [2.75, 3.05) is 0 Å². The number of ether oxygens (including phenoxy) is 1.